The summed E-state index contributed by atoms with van der Waals surface area (Å²) in [4.78, 5) is 42.6. The Morgan fingerprint density at radius 2 is 1.93 bits per heavy atom. The first kappa shape index (κ1) is 20.3. The van der Waals surface area contributed by atoms with Crippen molar-refractivity contribution in [1.82, 2.24) is 19.9 Å². The quantitative estimate of drug-likeness (QED) is 0.643. The van der Waals surface area contributed by atoms with E-state index in [9.17, 15) is 9.59 Å². The second-order valence-electron chi connectivity index (χ2n) is 7.68. The molecule has 158 valence electrons. The van der Waals surface area contributed by atoms with E-state index in [1.807, 2.05) is 30.9 Å². The maximum absolute atomic E-state index is 13.1. The van der Waals surface area contributed by atoms with Gasteiger partial charge in [0.2, 0.25) is 0 Å². The fraction of sp³-hybridized carbons (Fsp3) is 0.429. The van der Waals surface area contributed by atoms with Gasteiger partial charge in [-0.3, -0.25) is 4.79 Å². The molecule has 0 aromatic carbocycles. The largest absolute Gasteiger partial charge is 0.459 e. The van der Waals surface area contributed by atoms with E-state index < -0.39 is 5.97 Å². The first-order valence-electron chi connectivity index (χ1n) is 10.0. The summed E-state index contributed by atoms with van der Waals surface area (Å²) < 4.78 is 5.32. The Bertz CT molecular complexity index is 1060. The molecule has 1 N–H and O–H groups in total. The van der Waals surface area contributed by atoms with Crippen molar-refractivity contribution in [2.45, 2.75) is 33.8 Å². The first-order chi connectivity index (χ1) is 14.3. The minimum absolute atomic E-state index is 0.0928. The standard InChI is InChI=1S/C21H25N5O3S/c1-12(2)29-20(28)16-13(3)17(23-14(16)4)19(27)25-8-10-26(11-9-25)21-24-15-6-5-7-22-18(15)30-21/h5-7,12,23H,8-11H2,1-4H3. The van der Waals surface area contributed by atoms with Gasteiger partial charge < -0.3 is 19.5 Å². The summed E-state index contributed by atoms with van der Waals surface area (Å²) in [5.41, 5.74) is 3.10. The number of anilines is 1. The Hall–Kier alpha value is -2.94. The van der Waals surface area contributed by atoms with Gasteiger partial charge in [-0.05, 0) is 45.4 Å². The Labute approximate surface area is 178 Å². The van der Waals surface area contributed by atoms with Crippen LogP contribution in [0.15, 0.2) is 18.3 Å². The Kier molecular flexibility index (Phi) is 5.46. The van der Waals surface area contributed by atoms with Crippen LogP contribution < -0.4 is 4.90 Å². The van der Waals surface area contributed by atoms with Gasteiger partial charge in [0.25, 0.3) is 5.91 Å². The number of fused-ring (bicyclic) bond motifs is 1. The molecule has 4 heterocycles. The number of piperazine rings is 1. The fourth-order valence-electron chi connectivity index (χ4n) is 3.70. The average molecular weight is 428 g/mol. The molecule has 0 aliphatic carbocycles. The molecule has 0 saturated carbocycles. The zero-order valence-corrected chi connectivity index (χ0v) is 18.4. The maximum Gasteiger partial charge on any atom is 0.340 e. The number of nitrogens with zero attached hydrogens (tertiary/aromatic N) is 4. The van der Waals surface area contributed by atoms with Crippen molar-refractivity contribution >= 4 is 38.7 Å². The van der Waals surface area contributed by atoms with E-state index in [-0.39, 0.29) is 12.0 Å². The third-order valence-electron chi connectivity index (χ3n) is 5.19. The van der Waals surface area contributed by atoms with Gasteiger partial charge in [0.1, 0.15) is 16.0 Å². The number of aromatic amines is 1. The summed E-state index contributed by atoms with van der Waals surface area (Å²) in [6, 6.07) is 3.84. The zero-order valence-electron chi connectivity index (χ0n) is 17.6. The van der Waals surface area contributed by atoms with Crippen LogP contribution in [0.2, 0.25) is 0 Å². The molecule has 9 heteroatoms. The SMILES string of the molecule is Cc1[nH]c(C(=O)N2CCN(c3nc4cccnc4s3)CC2)c(C)c1C(=O)OC(C)C. The van der Waals surface area contributed by atoms with Crippen LogP contribution in [-0.4, -0.2) is 64.0 Å². The van der Waals surface area contributed by atoms with Gasteiger partial charge in [-0.15, -0.1) is 0 Å². The second kappa shape index (κ2) is 8.06. The normalized spacial score (nSPS) is 14.6. The van der Waals surface area contributed by atoms with Gasteiger partial charge >= 0.3 is 5.97 Å². The number of esters is 1. The van der Waals surface area contributed by atoms with Gasteiger partial charge in [0, 0.05) is 38.1 Å². The van der Waals surface area contributed by atoms with Gasteiger partial charge in [-0.25, -0.2) is 14.8 Å². The second-order valence-corrected chi connectivity index (χ2v) is 8.64. The molecule has 0 spiro atoms. The maximum atomic E-state index is 13.1. The highest BCUT2D eigenvalue weighted by molar-refractivity contribution is 7.21. The van der Waals surface area contributed by atoms with Crippen molar-refractivity contribution in [3.8, 4) is 0 Å². The van der Waals surface area contributed by atoms with Crippen molar-refractivity contribution in [1.29, 1.82) is 0 Å². The van der Waals surface area contributed by atoms with Crippen molar-refractivity contribution in [3.05, 3.63) is 40.8 Å². The fourth-order valence-corrected chi connectivity index (χ4v) is 4.66. The van der Waals surface area contributed by atoms with Crippen LogP contribution in [0.5, 0.6) is 0 Å². The highest BCUT2D eigenvalue weighted by atomic mass is 32.1. The van der Waals surface area contributed by atoms with Crippen LogP contribution in [-0.2, 0) is 4.74 Å². The number of carbonyl (C=O) groups excluding carboxylic acids is 2. The summed E-state index contributed by atoms with van der Waals surface area (Å²) in [5.74, 6) is -0.491. The third-order valence-corrected chi connectivity index (χ3v) is 6.23. The van der Waals surface area contributed by atoms with Crippen molar-refractivity contribution in [2.24, 2.45) is 0 Å². The molecule has 0 unspecified atom stereocenters. The summed E-state index contributed by atoms with van der Waals surface area (Å²) in [7, 11) is 0. The smallest absolute Gasteiger partial charge is 0.340 e. The molecule has 0 radical (unpaired) electrons. The lowest BCUT2D eigenvalue weighted by Crippen LogP contribution is -2.49. The number of thiazole rings is 1. The van der Waals surface area contributed by atoms with Gasteiger partial charge in [-0.2, -0.15) is 0 Å². The molecule has 30 heavy (non-hydrogen) atoms. The van der Waals surface area contributed by atoms with Crippen molar-refractivity contribution in [3.63, 3.8) is 0 Å². The Morgan fingerprint density at radius 3 is 2.60 bits per heavy atom. The minimum atomic E-state index is -0.399. The van der Waals surface area contributed by atoms with Crippen LogP contribution in [0.4, 0.5) is 5.13 Å². The van der Waals surface area contributed by atoms with Crippen LogP contribution in [0.3, 0.4) is 0 Å². The van der Waals surface area contributed by atoms with Crippen LogP contribution in [0.25, 0.3) is 10.3 Å². The van der Waals surface area contributed by atoms with E-state index in [0.717, 1.165) is 15.5 Å². The summed E-state index contributed by atoms with van der Waals surface area (Å²) in [5, 5.41) is 0.932. The predicted octanol–water partition coefficient (Wildman–Crippen LogP) is 3.16. The highest BCUT2D eigenvalue weighted by Gasteiger charge is 2.29. The highest BCUT2D eigenvalue weighted by Crippen LogP contribution is 2.28. The lowest BCUT2D eigenvalue weighted by Gasteiger charge is -2.34. The molecule has 3 aromatic rings. The zero-order chi connectivity index (χ0) is 21.4. The van der Waals surface area contributed by atoms with E-state index in [2.05, 4.69) is 19.9 Å². The van der Waals surface area contributed by atoms with Crippen LogP contribution >= 0.6 is 11.3 Å². The first-order valence-corrected chi connectivity index (χ1v) is 10.8. The van der Waals surface area contributed by atoms with Gasteiger partial charge in [-0.1, -0.05) is 11.3 Å². The minimum Gasteiger partial charge on any atom is -0.459 e. The molecule has 1 aliphatic heterocycles. The number of aromatic nitrogens is 3. The number of nitrogens with one attached hydrogen (secondary N) is 1. The molecular formula is C21H25N5O3S. The van der Waals surface area contributed by atoms with E-state index in [0.29, 0.717) is 48.7 Å². The molecule has 8 nitrogen and oxygen atoms in total. The van der Waals surface area contributed by atoms with E-state index in [1.54, 1.807) is 31.4 Å². The Morgan fingerprint density at radius 1 is 1.20 bits per heavy atom. The summed E-state index contributed by atoms with van der Waals surface area (Å²) in [6.07, 6.45) is 1.56. The number of rotatable bonds is 4. The van der Waals surface area contributed by atoms with Crippen LogP contribution in [0, 0.1) is 13.8 Å². The van der Waals surface area contributed by atoms with E-state index >= 15 is 0 Å². The number of hydrogen-bond donors (Lipinski definition) is 1. The molecule has 3 aromatic heterocycles. The summed E-state index contributed by atoms with van der Waals surface area (Å²) in [6.45, 7) is 9.78. The third kappa shape index (κ3) is 3.77. The molecule has 1 fully saturated rings. The number of aryl methyl sites for hydroxylation is 1. The number of ether oxygens (including phenoxy) is 1. The van der Waals surface area contributed by atoms with Gasteiger partial charge in [0.15, 0.2) is 5.13 Å². The number of pyridine rings is 1. The van der Waals surface area contributed by atoms with E-state index in [4.69, 9.17) is 4.74 Å². The lowest BCUT2D eigenvalue weighted by atomic mass is 10.1. The molecule has 0 atom stereocenters. The number of hydrogen-bond acceptors (Lipinski definition) is 7. The summed E-state index contributed by atoms with van der Waals surface area (Å²) >= 11 is 1.57. The molecule has 1 saturated heterocycles. The molecule has 1 amide bonds. The molecule has 1 aliphatic rings. The monoisotopic (exact) mass is 427 g/mol. The molecule has 0 bridgehead atoms. The topological polar surface area (TPSA) is 91.4 Å². The van der Waals surface area contributed by atoms with Gasteiger partial charge in [0.05, 0.1) is 11.7 Å². The van der Waals surface area contributed by atoms with Crippen LogP contribution in [0.1, 0.15) is 46.0 Å². The number of H-pyrrole nitrogens is 1. The Balaban J connectivity index is 1.46. The molecular weight excluding hydrogens is 402 g/mol. The average Bonchev–Trinajstić information content (AvgIpc) is 3.27. The van der Waals surface area contributed by atoms with Crippen molar-refractivity contribution < 1.29 is 14.3 Å². The van der Waals surface area contributed by atoms with E-state index in [1.165, 1.54) is 0 Å². The molecule has 4 rings (SSSR count). The lowest BCUT2D eigenvalue weighted by molar-refractivity contribution is 0.0376. The van der Waals surface area contributed by atoms with Crippen molar-refractivity contribution in [2.75, 3.05) is 31.1 Å². The predicted molar refractivity (Wildman–Crippen MR) is 116 cm³/mol. The number of carbonyl (C=O) groups is 2. The number of amides is 1.